The Morgan fingerprint density at radius 2 is 1.00 bits per heavy atom. The molecule has 2 fully saturated rings. The Labute approximate surface area is 95.9 Å². The zero-order valence-corrected chi connectivity index (χ0v) is 9.52. The number of amides is 2. The summed E-state index contributed by atoms with van der Waals surface area (Å²) >= 11 is 0. The molecule has 0 aromatic carbocycles. The monoisotopic (exact) mass is 222 g/mol. The van der Waals surface area contributed by atoms with E-state index >= 15 is 0 Å². The minimum atomic E-state index is -0.0231. The van der Waals surface area contributed by atoms with Gasteiger partial charge in [-0.05, 0) is 25.7 Å². The Bertz CT molecular complexity index is 270. The fraction of sp³-hybridized carbons (Fsp3) is 0.667. The molecule has 88 valence electrons. The number of carbonyl (C=O) groups excluding carboxylic acids is 2. The van der Waals surface area contributed by atoms with Crippen LogP contribution in [0.1, 0.15) is 25.7 Å². The molecule has 0 aliphatic carbocycles. The van der Waals surface area contributed by atoms with Crippen LogP contribution in [0.5, 0.6) is 0 Å². The summed E-state index contributed by atoms with van der Waals surface area (Å²) in [5, 5.41) is 0. The highest BCUT2D eigenvalue weighted by Crippen LogP contribution is 2.09. The summed E-state index contributed by atoms with van der Waals surface area (Å²) in [6.07, 6.45) is 7.18. The average Bonchev–Trinajstić information content (AvgIpc) is 2.95. The molecule has 2 aliphatic rings. The van der Waals surface area contributed by atoms with Crippen LogP contribution < -0.4 is 0 Å². The smallest absolute Gasteiger partial charge is 0.246 e. The van der Waals surface area contributed by atoms with E-state index in [-0.39, 0.29) is 11.8 Å². The minimum absolute atomic E-state index is 0.0231. The molecule has 0 aromatic rings. The second-order valence-electron chi connectivity index (χ2n) is 4.40. The van der Waals surface area contributed by atoms with E-state index in [1.807, 2.05) is 0 Å². The Morgan fingerprint density at radius 3 is 1.31 bits per heavy atom. The van der Waals surface area contributed by atoms with Crippen LogP contribution >= 0.6 is 0 Å². The molecule has 16 heavy (non-hydrogen) atoms. The SMILES string of the molecule is O=C(/C=C\C(=O)N1CCCC1)N1CCCC1. The highest BCUT2D eigenvalue weighted by atomic mass is 16.2. The lowest BCUT2D eigenvalue weighted by atomic mass is 10.4. The van der Waals surface area contributed by atoms with Crippen LogP contribution in [0.4, 0.5) is 0 Å². The van der Waals surface area contributed by atoms with Gasteiger partial charge < -0.3 is 9.80 Å². The van der Waals surface area contributed by atoms with Gasteiger partial charge in [-0.25, -0.2) is 0 Å². The zero-order valence-electron chi connectivity index (χ0n) is 9.52. The van der Waals surface area contributed by atoms with E-state index in [1.54, 1.807) is 9.80 Å². The summed E-state index contributed by atoms with van der Waals surface area (Å²) in [6.45, 7) is 3.34. The van der Waals surface area contributed by atoms with Gasteiger partial charge in [0.2, 0.25) is 11.8 Å². The topological polar surface area (TPSA) is 40.6 Å². The van der Waals surface area contributed by atoms with Gasteiger partial charge in [0.15, 0.2) is 0 Å². The number of nitrogens with zero attached hydrogens (tertiary/aromatic N) is 2. The largest absolute Gasteiger partial charge is 0.339 e. The number of likely N-dealkylation sites (tertiary alicyclic amines) is 2. The van der Waals surface area contributed by atoms with Gasteiger partial charge in [0.05, 0.1) is 0 Å². The first-order valence-corrected chi connectivity index (χ1v) is 6.03. The molecule has 0 N–H and O–H groups in total. The lowest BCUT2D eigenvalue weighted by Crippen LogP contribution is -2.28. The van der Waals surface area contributed by atoms with Crippen LogP contribution in [0.15, 0.2) is 12.2 Å². The summed E-state index contributed by atoms with van der Waals surface area (Å²) in [7, 11) is 0. The third-order valence-electron chi connectivity index (χ3n) is 3.20. The molecule has 4 nitrogen and oxygen atoms in total. The van der Waals surface area contributed by atoms with Crippen LogP contribution in [0.3, 0.4) is 0 Å². The Morgan fingerprint density at radius 1 is 0.688 bits per heavy atom. The summed E-state index contributed by atoms with van der Waals surface area (Å²) in [5.74, 6) is -0.0462. The van der Waals surface area contributed by atoms with Gasteiger partial charge in [-0.2, -0.15) is 0 Å². The quantitative estimate of drug-likeness (QED) is 0.648. The fourth-order valence-electron chi connectivity index (χ4n) is 2.23. The molecule has 0 saturated carbocycles. The molecule has 0 spiro atoms. The fourth-order valence-corrected chi connectivity index (χ4v) is 2.23. The summed E-state index contributed by atoms with van der Waals surface area (Å²) in [5.41, 5.74) is 0. The molecular formula is C12H18N2O2. The van der Waals surface area contributed by atoms with Crippen molar-refractivity contribution in [2.75, 3.05) is 26.2 Å². The standard InChI is InChI=1S/C12H18N2O2/c15-11(13-7-1-2-8-13)5-6-12(16)14-9-3-4-10-14/h5-6H,1-4,7-10H2/b6-5-. The summed E-state index contributed by atoms with van der Waals surface area (Å²) < 4.78 is 0. The van der Waals surface area contributed by atoms with Crippen molar-refractivity contribution in [2.24, 2.45) is 0 Å². The van der Waals surface area contributed by atoms with Crippen LogP contribution in [0, 0.1) is 0 Å². The van der Waals surface area contributed by atoms with Crippen LogP contribution in [0.2, 0.25) is 0 Å². The molecule has 4 heteroatoms. The second-order valence-corrected chi connectivity index (χ2v) is 4.40. The maximum atomic E-state index is 11.6. The third-order valence-corrected chi connectivity index (χ3v) is 3.20. The molecule has 0 unspecified atom stereocenters. The van der Waals surface area contributed by atoms with Crippen molar-refractivity contribution in [3.63, 3.8) is 0 Å². The maximum absolute atomic E-state index is 11.6. The molecule has 2 aliphatic heterocycles. The van der Waals surface area contributed by atoms with E-state index in [2.05, 4.69) is 0 Å². The number of hydrogen-bond acceptors (Lipinski definition) is 2. The van der Waals surface area contributed by atoms with Gasteiger partial charge in [-0.1, -0.05) is 0 Å². The van der Waals surface area contributed by atoms with E-state index in [4.69, 9.17) is 0 Å². The van der Waals surface area contributed by atoms with Gasteiger partial charge in [0.1, 0.15) is 0 Å². The average molecular weight is 222 g/mol. The molecule has 0 bridgehead atoms. The van der Waals surface area contributed by atoms with Crippen molar-refractivity contribution in [1.29, 1.82) is 0 Å². The molecule has 0 atom stereocenters. The highest BCUT2D eigenvalue weighted by Gasteiger charge is 2.18. The van der Waals surface area contributed by atoms with E-state index in [0.29, 0.717) is 0 Å². The van der Waals surface area contributed by atoms with Crippen molar-refractivity contribution >= 4 is 11.8 Å². The van der Waals surface area contributed by atoms with Crippen LogP contribution in [-0.2, 0) is 9.59 Å². The van der Waals surface area contributed by atoms with Crippen molar-refractivity contribution in [1.82, 2.24) is 9.80 Å². The van der Waals surface area contributed by atoms with Crippen molar-refractivity contribution in [2.45, 2.75) is 25.7 Å². The first-order chi connectivity index (χ1) is 7.77. The molecule has 2 rings (SSSR count). The maximum Gasteiger partial charge on any atom is 0.246 e. The normalized spacial score (nSPS) is 21.0. The van der Waals surface area contributed by atoms with Gasteiger partial charge in [0.25, 0.3) is 0 Å². The number of hydrogen-bond donors (Lipinski definition) is 0. The number of carbonyl (C=O) groups is 2. The predicted molar refractivity (Wildman–Crippen MR) is 60.8 cm³/mol. The predicted octanol–water partition coefficient (Wildman–Crippen LogP) is 0.787. The summed E-state index contributed by atoms with van der Waals surface area (Å²) in [4.78, 5) is 26.9. The van der Waals surface area contributed by atoms with E-state index in [0.717, 1.165) is 51.9 Å². The first-order valence-electron chi connectivity index (χ1n) is 6.03. The second kappa shape index (κ2) is 5.14. The highest BCUT2D eigenvalue weighted by molar-refractivity contribution is 5.96. The van der Waals surface area contributed by atoms with Gasteiger partial charge in [-0.15, -0.1) is 0 Å². The van der Waals surface area contributed by atoms with Gasteiger partial charge in [-0.3, -0.25) is 9.59 Å². The van der Waals surface area contributed by atoms with Crippen molar-refractivity contribution in [3.05, 3.63) is 12.2 Å². The number of rotatable bonds is 2. The lowest BCUT2D eigenvalue weighted by Gasteiger charge is -2.13. The zero-order chi connectivity index (χ0) is 11.4. The molecular weight excluding hydrogens is 204 g/mol. The van der Waals surface area contributed by atoms with Crippen molar-refractivity contribution < 1.29 is 9.59 Å². The van der Waals surface area contributed by atoms with Gasteiger partial charge in [0, 0.05) is 38.3 Å². The Balaban J connectivity index is 1.82. The third kappa shape index (κ3) is 2.62. The molecule has 2 saturated heterocycles. The van der Waals surface area contributed by atoms with Crippen LogP contribution in [0.25, 0.3) is 0 Å². The summed E-state index contributed by atoms with van der Waals surface area (Å²) in [6, 6.07) is 0. The van der Waals surface area contributed by atoms with E-state index in [1.165, 1.54) is 12.2 Å². The van der Waals surface area contributed by atoms with E-state index in [9.17, 15) is 9.59 Å². The lowest BCUT2D eigenvalue weighted by molar-refractivity contribution is -0.127. The Kier molecular flexibility index (Phi) is 3.59. The Hall–Kier alpha value is -1.32. The molecule has 2 heterocycles. The first kappa shape index (κ1) is 11.2. The molecule has 2 amide bonds. The van der Waals surface area contributed by atoms with E-state index < -0.39 is 0 Å². The molecule has 0 aromatic heterocycles. The van der Waals surface area contributed by atoms with Gasteiger partial charge >= 0.3 is 0 Å². The van der Waals surface area contributed by atoms with Crippen molar-refractivity contribution in [3.8, 4) is 0 Å². The minimum Gasteiger partial charge on any atom is -0.339 e. The van der Waals surface area contributed by atoms with Crippen LogP contribution in [-0.4, -0.2) is 47.8 Å². The molecule has 0 radical (unpaired) electrons.